The summed E-state index contributed by atoms with van der Waals surface area (Å²) in [6.07, 6.45) is 0.882. The van der Waals surface area contributed by atoms with Gasteiger partial charge in [0, 0.05) is 15.6 Å². The summed E-state index contributed by atoms with van der Waals surface area (Å²) < 4.78 is 14.7. The fourth-order valence-electron chi connectivity index (χ4n) is 1.64. The Balaban J connectivity index is 2.81. The molecule has 74 valence electrons. The molecule has 0 fully saturated rings. The summed E-state index contributed by atoms with van der Waals surface area (Å²) in [4.78, 5) is 0. The summed E-state index contributed by atoms with van der Waals surface area (Å²) in [6.45, 7) is 2.06. The van der Waals surface area contributed by atoms with Crippen molar-refractivity contribution in [3.8, 4) is 0 Å². The maximum atomic E-state index is 13.6. The van der Waals surface area contributed by atoms with Gasteiger partial charge in [-0.25, -0.2) is 4.39 Å². The van der Waals surface area contributed by atoms with Crippen LogP contribution in [0, 0.1) is 5.82 Å². The summed E-state index contributed by atoms with van der Waals surface area (Å²) in [6, 6.07) is 3.73. The standard InChI is InChI=1S/C11H10BrFS/c1-2-7-5-10(13)9(6-12)11-8(7)3-4-14-11/h3-5H,2,6H2,1H3. The van der Waals surface area contributed by atoms with E-state index >= 15 is 0 Å². The maximum Gasteiger partial charge on any atom is 0.128 e. The lowest BCUT2D eigenvalue weighted by atomic mass is 10.1. The summed E-state index contributed by atoms with van der Waals surface area (Å²) in [5.74, 6) is -0.0892. The van der Waals surface area contributed by atoms with E-state index in [2.05, 4.69) is 28.9 Å². The zero-order valence-electron chi connectivity index (χ0n) is 7.81. The van der Waals surface area contributed by atoms with Gasteiger partial charge in [-0.15, -0.1) is 11.3 Å². The number of benzene rings is 1. The van der Waals surface area contributed by atoms with Gasteiger partial charge in [0.15, 0.2) is 0 Å². The molecular formula is C11H10BrFS. The van der Waals surface area contributed by atoms with Crippen molar-refractivity contribution in [2.45, 2.75) is 18.7 Å². The van der Waals surface area contributed by atoms with Crippen LogP contribution in [0.25, 0.3) is 10.1 Å². The largest absolute Gasteiger partial charge is 0.207 e. The predicted molar refractivity (Wildman–Crippen MR) is 63.8 cm³/mol. The van der Waals surface area contributed by atoms with E-state index in [9.17, 15) is 4.39 Å². The van der Waals surface area contributed by atoms with Crippen LogP contribution < -0.4 is 0 Å². The van der Waals surface area contributed by atoms with Gasteiger partial charge >= 0.3 is 0 Å². The van der Waals surface area contributed by atoms with E-state index < -0.39 is 0 Å². The second-order valence-corrected chi connectivity index (χ2v) is 4.62. The molecule has 2 aromatic rings. The first-order valence-corrected chi connectivity index (χ1v) is 6.51. The number of halogens is 2. The Labute approximate surface area is 94.9 Å². The van der Waals surface area contributed by atoms with Crippen molar-refractivity contribution in [3.63, 3.8) is 0 Å². The van der Waals surface area contributed by atoms with Gasteiger partial charge in [0.05, 0.1) is 0 Å². The molecule has 1 heterocycles. The minimum Gasteiger partial charge on any atom is -0.207 e. The van der Waals surface area contributed by atoms with Crippen molar-refractivity contribution in [1.29, 1.82) is 0 Å². The zero-order chi connectivity index (χ0) is 10.1. The van der Waals surface area contributed by atoms with Crippen LogP contribution in [0.3, 0.4) is 0 Å². The molecule has 0 aliphatic rings. The van der Waals surface area contributed by atoms with E-state index in [4.69, 9.17) is 0 Å². The lowest BCUT2D eigenvalue weighted by Gasteiger charge is -2.05. The van der Waals surface area contributed by atoms with E-state index in [1.54, 1.807) is 17.4 Å². The highest BCUT2D eigenvalue weighted by Crippen LogP contribution is 2.31. The number of aryl methyl sites for hydroxylation is 1. The van der Waals surface area contributed by atoms with Crippen LogP contribution in [0.1, 0.15) is 18.1 Å². The molecule has 2 rings (SSSR count). The van der Waals surface area contributed by atoms with Gasteiger partial charge in [0.25, 0.3) is 0 Å². The molecule has 0 atom stereocenters. The highest BCUT2D eigenvalue weighted by Gasteiger charge is 2.11. The van der Waals surface area contributed by atoms with Crippen LogP contribution >= 0.6 is 27.3 Å². The molecule has 0 aliphatic carbocycles. The van der Waals surface area contributed by atoms with Gasteiger partial charge in [0.1, 0.15) is 5.82 Å². The monoisotopic (exact) mass is 272 g/mol. The molecule has 0 N–H and O–H groups in total. The Kier molecular flexibility index (Phi) is 2.88. The Bertz CT molecular complexity index is 462. The number of hydrogen-bond donors (Lipinski definition) is 0. The van der Waals surface area contributed by atoms with Gasteiger partial charge in [-0.05, 0) is 34.9 Å². The molecule has 1 aromatic heterocycles. The molecule has 0 saturated heterocycles. The molecule has 0 radical (unpaired) electrons. The molecule has 14 heavy (non-hydrogen) atoms. The Morgan fingerprint density at radius 3 is 2.93 bits per heavy atom. The molecule has 3 heteroatoms. The fourth-order valence-corrected chi connectivity index (χ4v) is 3.35. The van der Waals surface area contributed by atoms with Crippen LogP contribution in [0.5, 0.6) is 0 Å². The molecule has 0 amide bonds. The minimum absolute atomic E-state index is 0.0892. The average molecular weight is 273 g/mol. The number of fused-ring (bicyclic) bond motifs is 1. The zero-order valence-corrected chi connectivity index (χ0v) is 10.2. The number of rotatable bonds is 2. The van der Waals surface area contributed by atoms with Gasteiger partial charge in [0.2, 0.25) is 0 Å². The lowest BCUT2D eigenvalue weighted by Crippen LogP contribution is -1.90. The van der Waals surface area contributed by atoms with Crippen LogP contribution in [-0.2, 0) is 11.8 Å². The van der Waals surface area contributed by atoms with E-state index in [-0.39, 0.29) is 5.82 Å². The first-order valence-electron chi connectivity index (χ1n) is 4.51. The second-order valence-electron chi connectivity index (χ2n) is 3.15. The molecule has 0 saturated carbocycles. The normalized spacial score (nSPS) is 11.1. The molecule has 0 bridgehead atoms. The summed E-state index contributed by atoms with van der Waals surface area (Å²) >= 11 is 4.94. The number of thiophene rings is 1. The van der Waals surface area contributed by atoms with E-state index in [0.717, 1.165) is 22.2 Å². The second kappa shape index (κ2) is 3.99. The minimum atomic E-state index is -0.0892. The molecule has 0 spiro atoms. The van der Waals surface area contributed by atoms with Gasteiger partial charge in [-0.3, -0.25) is 0 Å². The Hall–Kier alpha value is -0.410. The molecule has 0 aliphatic heterocycles. The van der Waals surface area contributed by atoms with Gasteiger partial charge < -0.3 is 0 Å². The third kappa shape index (κ3) is 1.48. The van der Waals surface area contributed by atoms with Crippen LogP contribution in [0.2, 0.25) is 0 Å². The Morgan fingerprint density at radius 1 is 1.50 bits per heavy atom. The lowest BCUT2D eigenvalue weighted by molar-refractivity contribution is 0.618. The summed E-state index contributed by atoms with van der Waals surface area (Å²) in [5.41, 5.74) is 1.88. The van der Waals surface area contributed by atoms with E-state index in [0.29, 0.717) is 5.33 Å². The first kappa shape index (κ1) is 10.1. The molecule has 1 aromatic carbocycles. The SMILES string of the molecule is CCc1cc(F)c(CBr)c2sccc12. The van der Waals surface area contributed by atoms with Crippen molar-refractivity contribution in [2.24, 2.45) is 0 Å². The van der Waals surface area contributed by atoms with E-state index in [1.807, 2.05) is 5.38 Å². The van der Waals surface area contributed by atoms with Crippen molar-refractivity contribution in [2.75, 3.05) is 0 Å². The van der Waals surface area contributed by atoms with Crippen LogP contribution in [-0.4, -0.2) is 0 Å². The third-order valence-corrected chi connectivity index (χ3v) is 3.92. The van der Waals surface area contributed by atoms with Crippen molar-refractivity contribution in [3.05, 3.63) is 34.5 Å². The third-order valence-electron chi connectivity index (χ3n) is 2.39. The number of alkyl halides is 1. The number of hydrogen-bond acceptors (Lipinski definition) is 1. The quantitative estimate of drug-likeness (QED) is 0.707. The van der Waals surface area contributed by atoms with Crippen LogP contribution in [0.15, 0.2) is 17.5 Å². The molecule has 0 nitrogen and oxygen atoms in total. The fraction of sp³-hybridized carbons (Fsp3) is 0.273. The van der Waals surface area contributed by atoms with Crippen molar-refractivity contribution >= 4 is 37.4 Å². The van der Waals surface area contributed by atoms with Crippen LogP contribution in [0.4, 0.5) is 4.39 Å². The maximum absolute atomic E-state index is 13.6. The predicted octanol–water partition coefficient (Wildman–Crippen LogP) is 4.50. The topological polar surface area (TPSA) is 0 Å². The summed E-state index contributed by atoms with van der Waals surface area (Å²) in [7, 11) is 0. The summed E-state index contributed by atoms with van der Waals surface area (Å²) in [5, 5.41) is 3.81. The van der Waals surface area contributed by atoms with Gasteiger partial charge in [-0.1, -0.05) is 22.9 Å². The van der Waals surface area contributed by atoms with Gasteiger partial charge in [-0.2, -0.15) is 0 Å². The molecular weight excluding hydrogens is 263 g/mol. The molecule has 0 unspecified atom stereocenters. The highest BCUT2D eigenvalue weighted by atomic mass is 79.9. The van der Waals surface area contributed by atoms with Crippen molar-refractivity contribution < 1.29 is 4.39 Å². The highest BCUT2D eigenvalue weighted by molar-refractivity contribution is 9.08. The smallest absolute Gasteiger partial charge is 0.128 e. The van der Waals surface area contributed by atoms with E-state index in [1.165, 1.54) is 5.39 Å². The first-order chi connectivity index (χ1) is 6.77. The Morgan fingerprint density at radius 2 is 2.29 bits per heavy atom. The average Bonchev–Trinajstić information content (AvgIpc) is 2.65. The van der Waals surface area contributed by atoms with Crippen molar-refractivity contribution in [1.82, 2.24) is 0 Å².